The molecule has 8 heteroatoms. The van der Waals surface area contributed by atoms with E-state index in [1.165, 1.54) is 24.4 Å². The molecule has 1 fully saturated rings. The fourth-order valence-corrected chi connectivity index (χ4v) is 5.48. The Balaban J connectivity index is 1.46. The summed E-state index contributed by atoms with van der Waals surface area (Å²) < 4.78 is 11.9. The molecule has 5 rings (SSSR count). The summed E-state index contributed by atoms with van der Waals surface area (Å²) in [6, 6.07) is 9.08. The minimum absolute atomic E-state index is 0.133. The number of nitrogens with one attached hydrogen (secondary N) is 2. The summed E-state index contributed by atoms with van der Waals surface area (Å²) in [5.74, 6) is 2.02. The number of methoxy groups -OCH3 is 2. The van der Waals surface area contributed by atoms with E-state index < -0.39 is 5.69 Å². The monoisotopic (exact) mass is 437 g/mol. The van der Waals surface area contributed by atoms with E-state index in [9.17, 15) is 14.7 Å². The van der Waals surface area contributed by atoms with Gasteiger partial charge in [0.1, 0.15) is 5.75 Å². The predicted molar refractivity (Wildman–Crippen MR) is 121 cm³/mol. The van der Waals surface area contributed by atoms with Crippen LogP contribution in [0.2, 0.25) is 0 Å². The number of nitrogens with zero attached hydrogens (tertiary/aromatic N) is 1. The van der Waals surface area contributed by atoms with Crippen LogP contribution in [0, 0.1) is 5.92 Å². The second-order valence-electron chi connectivity index (χ2n) is 8.61. The molecule has 2 aromatic carbocycles. The number of ether oxygens (including phenoxy) is 2. The number of rotatable bonds is 5. The maximum Gasteiger partial charge on any atom is 0.328 e. The molecule has 2 aliphatic rings. The van der Waals surface area contributed by atoms with Gasteiger partial charge in [-0.05, 0) is 55.0 Å². The molecule has 8 nitrogen and oxygen atoms in total. The van der Waals surface area contributed by atoms with Gasteiger partial charge in [-0.25, -0.2) is 4.79 Å². The molecule has 3 N–H and O–H groups in total. The molecule has 0 radical (unpaired) electrons. The number of H-pyrrole nitrogens is 1. The fourth-order valence-electron chi connectivity index (χ4n) is 5.48. The molecule has 1 saturated heterocycles. The first kappa shape index (κ1) is 20.6. The first-order chi connectivity index (χ1) is 15.5. The molecule has 3 atom stereocenters. The third-order valence-corrected chi connectivity index (χ3v) is 7.05. The molecule has 168 valence electrons. The van der Waals surface area contributed by atoms with E-state index >= 15 is 0 Å². The van der Waals surface area contributed by atoms with Gasteiger partial charge in [0.25, 0.3) is 5.56 Å². The van der Waals surface area contributed by atoms with Gasteiger partial charge in [-0.2, -0.15) is 0 Å². The van der Waals surface area contributed by atoms with Crippen LogP contribution in [0.5, 0.6) is 17.2 Å². The summed E-state index contributed by atoms with van der Waals surface area (Å²) in [6.45, 7) is 1.21. The normalized spacial score (nSPS) is 21.9. The van der Waals surface area contributed by atoms with Crippen molar-refractivity contribution in [3.63, 3.8) is 0 Å². The maximum absolute atomic E-state index is 13.1. The Bertz CT molecular complexity index is 1300. The highest BCUT2D eigenvalue weighted by Crippen LogP contribution is 2.44. The SMILES string of the molecule is COc1cc2[nH]c(=O)n(CCC3NCC4CCc5c(O)cccc5C43)c(=O)c2cc1OC. The molecule has 0 amide bonds. The largest absolute Gasteiger partial charge is 0.508 e. The Labute approximate surface area is 184 Å². The lowest BCUT2D eigenvalue weighted by Gasteiger charge is -2.31. The highest BCUT2D eigenvalue weighted by atomic mass is 16.5. The molecule has 1 aromatic heterocycles. The van der Waals surface area contributed by atoms with E-state index in [0.29, 0.717) is 47.0 Å². The molecule has 3 aromatic rings. The van der Waals surface area contributed by atoms with Crippen LogP contribution in [-0.2, 0) is 13.0 Å². The van der Waals surface area contributed by atoms with Crippen LogP contribution in [0.3, 0.4) is 0 Å². The van der Waals surface area contributed by atoms with Crippen molar-refractivity contribution in [1.29, 1.82) is 0 Å². The summed E-state index contributed by atoms with van der Waals surface area (Å²) in [6.07, 6.45) is 2.54. The van der Waals surface area contributed by atoms with E-state index in [1.807, 2.05) is 6.07 Å². The molecule has 1 aliphatic carbocycles. The van der Waals surface area contributed by atoms with Gasteiger partial charge in [-0.15, -0.1) is 0 Å². The second kappa shape index (κ2) is 8.02. The summed E-state index contributed by atoms with van der Waals surface area (Å²) in [7, 11) is 3.02. The van der Waals surface area contributed by atoms with Crippen molar-refractivity contribution in [3.8, 4) is 17.2 Å². The minimum Gasteiger partial charge on any atom is -0.508 e. The van der Waals surface area contributed by atoms with E-state index in [-0.39, 0.29) is 17.5 Å². The lowest BCUT2D eigenvalue weighted by molar-refractivity contribution is 0.355. The van der Waals surface area contributed by atoms with Gasteiger partial charge in [0, 0.05) is 24.6 Å². The van der Waals surface area contributed by atoms with Crippen molar-refractivity contribution in [2.75, 3.05) is 20.8 Å². The highest BCUT2D eigenvalue weighted by molar-refractivity contribution is 5.81. The minimum atomic E-state index is -0.439. The third-order valence-electron chi connectivity index (χ3n) is 7.05. The van der Waals surface area contributed by atoms with Crippen molar-refractivity contribution < 1.29 is 14.6 Å². The van der Waals surface area contributed by atoms with Crippen LogP contribution >= 0.6 is 0 Å². The van der Waals surface area contributed by atoms with Crippen LogP contribution in [0.4, 0.5) is 0 Å². The molecule has 0 saturated carbocycles. The number of aromatic amines is 1. The van der Waals surface area contributed by atoms with E-state index in [1.54, 1.807) is 18.2 Å². The highest BCUT2D eigenvalue weighted by Gasteiger charge is 2.40. The lowest BCUT2D eigenvalue weighted by atomic mass is 9.73. The number of fused-ring (bicyclic) bond motifs is 4. The van der Waals surface area contributed by atoms with Crippen LogP contribution < -0.4 is 26.0 Å². The average molecular weight is 437 g/mol. The molecular weight excluding hydrogens is 410 g/mol. The first-order valence-corrected chi connectivity index (χ1v) is 10.9. The van der Waals surface area contributed by atoms with Crippen molar-refractivity contribution in [1.82, 2.24) is 14.9 Å². The van der Waals surface area contributed by atoms with E-state index in [0.717, 1.165) is 24.9 Å². The first-order valence-electron chi connectivity index (χ1n) is 10.9. The van der Waals surface area contributed by atoms with E-state index in [2.05, 4.69) is 16.4 Å². The number of aromatic hydroxyl groups is 1. The topological polar surface area (TPSA) is 106 Å². The Morgan fingerprint density at radius 3 is 2.72 bits per heavy atom. The van der Waals surface area contributed by atoms with Gasteiger partial charge >= 0.3 is 5.69 Å². The zero-order chi connectivity index (χ0) is 22.4. The van der Waals surface area contributed by atoms with E-state index in [4.69, 9.17) is 9.47 Å². The number of benzene rings is 2. The Hall–Kier alpha value is -3.26. The summed E-state index contributed by atoms with van der Waals surface area (Å²) in [5.41, 5.74) is 1.86. The molecule has 3 unspecified atom stereocenters. The molecule has 1 aliphatic heterocycles. The molecule has 32 heavy (non-hydrogen) atoms. The summed E-state index contributed by atoms with van der Waals surface area (Å²) in [4.78, 5) is 28.7. The number of aromatic nitrogens is 2. The van der Waals surface area contributed by atoms with Crippen molar-refractivity contribution in [3.05, 3.63) is 62.3 Å². The summed E-state index contributed by atoms with van der Waals surface area (Å²) in [5, 5.41) is 14.3. The zero-order valence-electron chi connectivity index (χ0n) is 18.2. The van der Waals surface area contributed by atoms with Gasteiger partial charge in [0.2, 0.25) is 0 Å². The van der Waals surface area contributed by atoms with Crippen LogP contribution in [0.1, 0.15) is 29.9 Å². The fraction of sp³-hybridized carbons (Fsp3) is 0.417. The Morgan fingerprint density at radius 1 is 1.16 bits per heavy atom. The van der Waals surface area contributed by atoms with Crippen molar-refractivity contribution >= 4 is 10.9 Å². The Morgan fingerprint density at radius 2 is 1.94 bits per heavy atom. The number of phenols is 1. The molecular formula is C24H27N3O5. The quantitative estimate of drug-likeness (QED) is 0.565. The lowest BCUT2D eigenvalue weighted by Crippen LogP contribution is -2.38. The smallest absolute Gasteiger partial charge is 0.328 e. The standard InChI is InChI=1S/C24H27N3O5/c1-31-20-10-16-18(11-21(20)32-2)26-24(30)27(23(16)29)9-8-17-22-13(12-25-17)6-7-14-15(22)4-3-5-19(14)28/h3-5,10-11,13,17,22,25,28H,6-9,12H2,1-2H3,(H,26,30). The maximum atomic E-state index is 13.1. The summed E-state index contributed by atoms with van der Waals surface area (Å²) >= 11 is 0. The number of hydrogen-bond donors (Lipinski definition) is 3. The van der Waals surface area contributed by atoms with Gasteiger partial charge in [-0.1, -0.05) is 12.1 Å². The molecule has 2 heterocycles. The van der Waals surface area contributed by atoms with Crippen LogP contribution in [0.15, 0.2) is 39.9 Å². The van der Waals surface area contributed by atoms with Gasteiger partial charge in [-0.3, -0.25) is 9.36 Å². The molecule has 0 spiro atoms. The van der Waals surface area contributed by atoms with Crippen LogP contribution in [-0.4, -0.2) is 41.5 Å². The van der Waals surface area contributed by atoms with Gasteiger partial charge in [0.15, 0.2) is 11.5 Å². The third kappa shape index (κ3) is 3.26. The van der Waals surface area contributed by atoms with Gasteiger partial charge in [0.05, 0.1) is 25.1 Å². The number of hydrogen-bond acceptors (Lipinski definition) is 6. The van der Waals surface area contributed by atoms with Crippen LogP contribution in [0.25, 0.3) is 10.9 Å². The van der Waals surface area contributed by atoms with Gasteiger partial charge < -0.3 is 24.9 Å². The Kier molecular flexibility index (Phi) is 5.17. The number of phenolic OH excluding ortho intramolecular Hbond substituents is 1. The van der Waals surface area contributed by atoms with Crippen molar-refractivity contribution in [2.24, 2.45) is 5.92 Å². The average Bonchev–Trinajstić information content (AvgIpc) is 3.22. The predicted octanol–water partition coefficient (Wildman–Crippen LogP) is 2.12. The molecule has 0 bridgehead atoms. The zero-order valence-corrected chi connectivity index (χ0v) is 18.2. The van der Waals surface area contributed by atoms with Crippen molar-refractivity contribution in [2.45, 2.75) is 37.8 Å². The second-order valence-corrected chi connectivity index (χ2v) is 8.61.